The average molecular weight is 243 g/mol. The Hall–Kier alpha value is -1.44. The first-order valence-electron chi connectivity index (χ1n) is 3.99. The molecule has 3 nitrogen and oxygen atoms in total. The van der Waals surface area contributed by atoms with E-state index in [2.05, 4.69) is 0 Å². The molecule has 0 fully saturated rings. The highest BCUT2D eigenvalue weighted by molar-refractivity contribution is 5.28. The van der Waals surface area contributed by atoms with Gasteiger partial charge in [-0.2, -0.15) is 13.2 Å². The fourth-order valence-corrected chi connectivity index (χ4v) is 1.12. The van der Waals surface area contributed by atoms with Crippen molar-refractivity contribution in [2.45, 2.75) is 19.2 Å². The van der Waals surface area contributed by atoms with Crippen molar-refractivity contribution in [1.29, 1.82) is 0 Å². The highest BCUT2D eigenvalue weighted by Crippen LogP contribution is 2.30. The van der Waals surface area contributed by atoms with Gasteiger partial charge in [0.15, 0.2) is 0 Å². The van der Waals surface area contributed by atoms with Crippen LogP contribution in [0.15, 0.2) is 10.9 Å². The maximum atomic E-state index is 12.3. The van der Waals surface area contributed by atoms with Gasteiger partial charge in [-0.05, 0) is 6.07 Å². The van der Waals surface area contributed by atoms with Gasteiger partial charge in [0, 0.05) is 5.56 Å². The molecule has 16 heavy (non-hydrogen) atoms. The maximum Gasteiger partial charge on any atom is 0.431 e. The highest BCUT2D eigenvalue weighted by Gasteiger charge is 2.34. The number of aliphatic hydroxyl groups is 1. The third-order valence-electron chi connectivity index (χ3n) is 1.87. The number of pyridine rings is 1. The first-order valence-corrected chi connectivity index (χ1v) is 3.99. The first-order chi connectivity index (χ1) is 7.27. The number of aromatic amines is 1. The second-order valence-electron chi connectivity index (χ2n) is 2.90. The minimum atomic E-state index is -4.92. The number of hydrogen-bond acceptors (Lipinski definition) is 2. The predicted molar refractivity (Wildman–Crippen MR) is 42.9 cm³/mol. The summed E-state index contributed by atoms with van der Waals surface area (Å²) in [5.74, 6) is 0. The lowest BCUT2D eigenvalue weighted by molar-refractivity contribution is -0.141. The molecule has 0 aliphatic carbocycles. The number of halogens is 5. The molecule has 90 valence electrons. The third kappa shape index (κ3) is 2.38. The van der Waals surface area contributed by atoms with Crippen molar-refractivity contribution < 1.29 is 27.1 Å². The van der Waals surface area contributed by atoms with Gasteiger partial charge in [0.2, 0.25) is 0 Å². The fraction of sp³-hybridized carbons (Fsp3) is 0.375. The molecule has 0 amide bonds. The quantitative estimate of drug-likeness (QED) is 0.778. The smallest absolute Gasteiger partial charge is 0.391 e. The molecule has 0 unspecified atom stereocenters. The Balaban J connectivity index is 3.46. The summed E-state index contributed by atoms with van der Waals surface area (Å²) in [6.07, 6.45) is -8.18. The van der Waals surface area contributed by atoms with Crippen molar-refractivity contribution >= 4 is 0 Å². The second kappa shape index (κ2) is 4.20. The molecule has 0 aliphatic rings. The van der Waals surface area contributed by atoms with E-state index in [1.807, 2.05) is 0 Å². The zero-order valence-electron chi connectivity index (χ0n) is 7.61. The Labute approximate surface area is 85.5 Å². The zero-order chi connectivity index (χ0) is 12.5. The molecule has 0 bridgehead atoms. The number of H-pyrrole nitrogens is 1. The van der Waals surface area contributed by atoms with Crippen LogP contribution < -0.4 is 5.56 Å². The van der Waals surface area contributed by atoms with E-state index in [0.29, 0.717) is 0 Å². The summed E-state index contributed by atoms with van der Waals surface area (Å²) >= 11 is 0. The minimum Gasteiger partial charge on any atom is -0.391 e. The molecule has 0 saturated carbocycles. The number of aliphatic hydroxyl groups excluding tert-OH is 1. The molecule has 1 heterocycles. The van der Waals surface area contributed by atoms with Crippen molar-refractivity contribution in [3.63, 3.8) is 0 Å². The van der Waals surface area contributed by atoms with Crippen LogP contribution in [0.5, 0.6) is 0 Å². The summed E-state index contributed by atoms with van der Waals surface area (Å²) in [6.45, 7) is -1.05. The van der Waals surface area contributed by atoms with Crippen molar-refractivity contribution in [3.8, 4) is 0 Å². The van der Waals surface area contributed by atoms with Gasteiger partial charge >= 0.3 is 6.18 Å². The summed E-state index contributed by atoms with van der Waals surface area (Å²) in [4.78, 5) is 12.4. The van der Waals surface area contributed by atoms with Gasteiger partial charge in [0.25, 0.3) is 12.0 Å². The molecular weight excluding hydrogens is 237 g/mol. The Morgan fingerprint density at radius 3 is 2.31 bits per heavy atom. The third-order valence-corrected chi connectivity index (χ3v) is 1.87. The number of aromatic nitrogens is 1. The van der Waals surface area contributed by atoms with Crippen molar-refractivity contribution in [2.24, 2.45) is 0 Å². The lowest BCUT2D eigenvalue weighted by Gasteiger charge is -2.10. The zero-order valence-corrected chi connectivity index (χ0v) is 7.61. The highest BCUT2D eigenvalue weighted by atomic mass is 19.4. The molecular formula is C8H6F5NO2. The van der Waals surface area contributed by atoms with E-state index in [-0.39, 0.29) is 6.07 Å². The largest absolute Gasteiger partial charge is 0.431 e. The van der Waals surface area contributed by atoms with E-state index in [0.717, 1.165) is 0 Å². The second-order valence-corrected chi connectivity index (χ2v) is 2.90. The molecule has 0 radical (unpaired) electrons. The van der Waals surface area contributed by atoms with E-state index >= 15 is 0 Å². The van der Waals surface area contributed by atoms with Crippen LogP contribution in [0.4, 0.5) is 22.0 Å². The van der Waals surface area contributed by atoms with E-state index in [9.17, 15) is 26.7 Å². The standard InChI is InChI=1S/C8H6F5NO2/c9-6(10)3-1-5(8(11,12)13)14-7(16)4(3)2-15/h1,6,15H,2H2,(H,14,16). The summed E-state index contributed by atoms with van der Waals surface area (Å²) < 4.78 is 61.2. The number of rotatable bonds is 2. The van der Waals surface area contributed by atoms with Gasteiger partial charge in [-0.3, -0.25) is 4.79 Å². The molecule has 0 saturated heterocycles. The van der Waals surface area contributed by atoms with Crippen LogP contribution in [0.3, 0.4) is 0 Å². The van der Waals surface area contributed by atoms with Gasteiger partial charge in [-0.1, -0.05) is 0 Å². The van der Waals surface area contributed by atoms with Gasteiger partial charge < -0.3 is 10.1 Å². The predicted octanol–water partition coefficient (Wildman–Crippen LogP) is 1.82. The first kappa shape index (κ1) is 12.6. The molecule has 0 aromatic carbocycles. The number of nitrogens with one attached hydrogen (secondary N) is 1. The van der Waals surface area contributed by atoms with Crippen LogP contribution >= 0.6 is 0 Å². The van der Waals surface area contributed by atoms with Gasteiger partial charge in [-0.25, -0.2) is 8.78 Å². The molecule has 0 spiro atoms. The Bertz CT molecular complexity index is 437. The molecule has 1 rings (SSSR count). The molecule has 0 aliphatic heterocycles. The summed E-state index contributed by atoms with van der Waals surface area (Å²) in [5, 5.41) is 8.61. The van der Waals surface area contributed by atoms with Gasteiger partial charge in [-0.15, -0.1) is 0 Å². The van der Waals surface area contributed by atoms with Crippen LogP contribution in [0.1, 0.15) is 23.2 Å². The van der Waals surface area contributed by atoms with E-state index in [1.54, 1.807) is 0 Å². The van der Waals surface area contributed by atoms with E-state index in [4.69, 9.17) is 5.11 Å². The molecule has 1 aromatic rings. The summed E-state index contributed by atoms with van der Waals surface area (Å²) in [5.41, 5.74) is -4.81. The number of alkyl halides is 5. The van der Waals surface area contributed by atoms with Crippen LogP contribution in [0, 0.1) is 0 Å². The molecule has 2 N–H and O–H groups in total. The summed E-state index contributed by atoms with van der Waals surface area (Å²) in [6, 6.07) is 0.123. The number of hydrogen-bond donors (Lipinski definition) is 2. The topological polar surface area (TPSA) is 53.1 Å². The van der Waals surface area contributed by atoms with Crippen LogP contribution in [-0.4, -0.2) is 10.1 Å². The lowest BCUT2D eigenvalue weighted by atomic mass is 10.1. The fourth-order valence-electron chi connectivity index (χ4n) is 1.12. The maximum absolute atomic E-state index is 12.3. The Morgan fingerprint density at radius 1 is 1.38 bits per heavy atom. The van der Waals surface area contributed by atoms with Gasteiger partial charge in [0.05, 0.1) is 12.2 Å². The normalized spacial score (nSPS) is 12.2. The van der Waals surface area contributed by atoms with Crippen LogP contribution in [0.2, 0.25) is 0 Å². The lowest BCUT2D eigenvalue weighted by Crippen LogP contribution is -2.22. The van der Waals surface area contributed by atoms with Crippen molar-refractivity contribution in [2.75, 3.05) is 0 Å². The van der Waals surface area contributed by atoms with Crippen molar-refractivity contribution in [3.05, 3.63) is 33.2 Å². The SMILES string of the molecule is O=c1[nH]c(C(F)(F)F)cc(C(F)F)c1CO. The minimum absolute atomic E-state index is 0.123. The Kier molecular flexibility index (Phi) is 3.32. The van der Waals surface area contributed by atoms with Crippen LogP contribution in [0.25, 0.3) is 0 Å². The van der Waals surface area contributed by atoms with E-state index < -0.39 is 41.6 Å². The van der Waals surface area contributed by atoms with Crippen LogP contribution in [-0.2, 0) is 12.8 Å². The summed E-state index contributed by atoms with van der Waals surface area (Å²) in [7, 11) is 0. The Morgan fingerprint density at radius 2 is 1.94 bits per heavy atom. The molecule has 1 aromatic heterocycles. The van der Waals surface area contributed by atoms with E-state index in [1.165, 1.54) is 4.98 Å². The van der Waals surface area contributed by atoms with Crippen molar-refractivity contribution in [1.82, 2.24) is 4.98 Å². The monoisotopic (exact) mass is 243 g/mol. The molecule has 8 heteroatoms. The average Bonchev–Trinajstić information content (AvgIpc) is 2.14. The van der Waals surface area contributed by atoms with Gasteiger partial charge in [0.1, 0.15) is 5.69 Å². The molecule has 0 atom stereocenters.